The molecule has 0 heterocycles. The van der Waals surface area contributed by atoms with Gasteiger partial charge < -0.3 is 10.8 Å². The molecule has 0 saturated heterocycles. The van der Waals surface area contributed by atoms with Crippen LogP contribution in [0.1, 0.15) is 24.0 Å². The van der Waals surface area contributed by atoms with Gasteiger partial charge in [-0.25, -0.2) is 0 Å². The minimum Gasteiger partial charge on any atom is -0.395 e. The Balaban J connectivity index is 1.99. The van der Waals surface area contributed by atoms with Crippen LogP contribution >= 0.6 is 12.2 Å². The van der Waals surface area contributed by atoms with E-state index in [1.54, 1.807) is 0 Å². The fraction of sp³-hybridized carbons (Fsp3) is 0.462. The number of nitrogens with zero attached hydrogens (tertiary/aromatic N) is 1. The van der Waals surface area contributed by atoms with Crippen LogP contribution in [-0.2, 0) is 6.54 Å². The van der Waals surface area contributed by atoms with Gasteiger partial charge in [-0.15, -0.1) is 0 Å². The fourth-order valence-electron chi connectivity index (χ4n) is 1.97. The zero-order valence-corrected chi connectivity index (χ0v) is 10.6. The molecule has 0 spiro atoms. The Morgan fingerprint density at radius 3 is 2.47 bits per heavy atom. The van der Waals surface area contributed by atoms with Gasteiger partial charge in [0.1, 0.15) is 4.99 Å². The highest BCUT2D eigenvalue weighted by molar-refractivity contribution is 7.80. The van der Waals surface area contributed by atoms with Crippen LogP contribution in [0, 0.1) is 0 Å². The van der Waals surface area contributed by atoms with Crippen LogP contribution in [0.25, 0.3) is 0 Å². The quantitative estimate of drug-likeness (QED) is 0.747. The van der Waals surface area contributed by atoms with Crippen molar-refractivity contribution in [2.75, 3.05) is 13.2 Å². The van der Waals surface area contributed by atoms with E-state index in [-0.39, 0.29) is 6.61 Å². The summed E-state index contributed by atoms with van der Waals surface area (Å²) in [6, 6.07) is 8.70. The summed E-state index contributed by atoms with van der Waals surface area (Å²) in [5.41, 5.74) is 7.71. The molecule has 1 saturated carbocycles. The van der Waals surface area contributed by atoms with Crippen molar-refractivity contribution in [1.29, 1.82) is 0 Å². The zero-order chi connectivity index (χ0) is 12.3. The highest BCUT2D eigenvalue weighted by Crippen LogP contribution is 2.27. The Hall–Kier alpha value is -0.970. The Morgan fingerprint density at radius 2 is 2.00 bits per heavy atom. The van der Waals surface area contributed by atoms with Crippen molar-refractivity contribution < 1.29 is 5.11 Å². The molecule has 0 bridgehead atoms. The van der Waals surface area contributed by atoms with Gasteiger partial charge in [0.05, 0.1) is 6.61 Å². The molecule has 92 valence electrons. The number of rotatable bonds is 6. The summed E-state index contributed by atoms with van der Waals surface area (Å²) in [5.74, 6) is 0. The highest BCUT2D eigenvalue weighted by Gasteiger charge is 2.28. The largest absolute Gasteiger partial charge is 0.395 e. The third-order valence-corrected chi connectivity index (χ3v) is 3.31. The molecule has 4 heteroatoms. The molecule has 0 radical (unpaired) electrons. The molecule has 1 aliphatic carbocycles. The second kappa shape index (κ2) is 5.58. The summed E-state index contributed by atoms with van der Waals surface area (Å²) in [6.07, 6.45) is 2.51. The minimum atomic E-state index is 0.224. The van der Waals surface area contributed by atoms with Crippen LogP contribution in [-0.4, -0.2) is 34.2 Å². The monoisotopic (exact) mass is 250 g/mol. The summed E-state index contributed by atoms with van der Waals surface area (Å²) in [6.45, 7) is 1.87. The van der Waals surface area contributed by atoms with Crippen LogP contribution in [0.5, 0.6) is 0 Å². The van der Waals surface area contributed by atoms with Crippen molar-refractivity contribution in [2.45, 2.75) is 25.4 Å². The smallest absolute Gasteiger partial charge is 0.103 e. The zero-order valence-electron chi connectivity index (χ0n) is 9.80. The van der Waals surface area contributed by atoms with Gasteiger partial charge in [0.2, 0.25) is 0 Å². The van der Waals surface area contributed by atoms with Crippen LogP contribution in [0.3, 0.4) is 0 Å². The molecule has 2 rings (SSSR count). The standard InChI is InChI=1S/C13H18N2OS/c14-13(17)11-3-1-10(2-4-11)9-15(7-8-16)12-5-6-12/h1-4,12,16H,5-9H2,(H2,14,17). The van der Waals surface area contributed by atoms with E-state index in [2.05, 4.69) is 17.0 Å². The lowest BCUT2D eigenvalue weighted by Gasteiger charge is -2.20. The molecule has 1 aromatic carbocycles. The van der Waals surface area contributed by atoms with Gasteiger partial charge in [0.25, 0.3) is 0 Å². The van der Waals surface area contributed by atoms with E-state index in [4.69, 9.17) is 23.1 Å². The lowest BCUT2D eigenvalue weighted by molar-refractivity contribution is 0.183. The van der Waals surface area contributed by atoms with Crippen molar-refractivity contribution in [3.8, 4) is 0 Å². The van der Waals surface area contributed by atoms with Crippen molar-refractivity contribution in [1.82, 2.24) is 4.90 Å². The van der Waals surface area contributed by atoms with E-state index in [0.717, 1.165) is 18.7 Å². The van der Waals surface area contributed by atoms with Gasteiger partial charge in [-0.3, -0.25) is 4.90 Å². The summed E-state index contributed by atoms with van der Waals surface area (Å²) < 4.78 is 0. The Bertz CT molecular complexity index is 387. The van der Waals surface area contributed by atoms with Gasteiger partial charge in [-0.05, 0) is 18.4 Å². The van der Waals surface area contributed by atoms with Crippen LogP contribution in [0.2, 0.25) is 0 Å². The number of aliphatic hydroxyl groups excluding tert-OH is 1. The van der Waals surface area contributed by atoms with E-state index >= 15 is 0 Å². The number of benzene rings is 1. The summed E-state index contributed by atoms with van der Waals surface area (Å²) in [5, 5.41) is 9.03. The molecule has 0 unspecified atom stereocenters. The molecule has 0 amide bonds. The van der Waals surface area contributed by atoms with E-state index in [1.165, 1.54) is 18.4 Å². The molecule has 1 aliphatic rings. The molecule has 1 aromatic rings. The molecule has 0 aromatic heterocycles. The second-order valence-electron chi connectivity index (χ2n) is 4.49. The highest BCUT2D eigenvalue weighted by atomic mass is 32.1. The topological polar surface area (TPSA) is 49.5 Å². The minimum absolute atomic E-state index is 0.224. The maximum absolute atomic E-state index is 9.03. The average Bonchev–Trinajstić information content (AvgIpc) is 3.13. The molecular formula is C13H18N2OS. The summed E-state index contributed by atoms with van der Waals surface area (Å²) in [7, 11) is 0. The van der Waals surface area contributed by atoms with E-state index < -0.39 is 0 Å². The summed E-state index contributed by atoms with van der Waals surface area (Å²) in [4.78, 5) is 2.77. The second-order valence-corrected chi connectivity index (χ2v) is 4.93. The molecule has 3 nitrogen and oxygen atoms in total. The molecule has 17 heavy (non-hydrogen) atoms. The number of thiocarbonyl (C=S) groups is 1. The predicted molar refractivity (Wildman–Crippen MR) is 72.8 cm³/mol. The normalized spacial score (nSPS) is 15.2. The van der Waals surface area contributed by atoms with Gasteiger partial charge in [-0.2, -0.15) is 0 Å². The number of hydrogen-bond donors (Lipinski definition) is 2. The van der Waals surface area contributed by atoms with Gasteiger partial charge in [0.15, 0.2) is 0 Å². The van der Waals surface area contributed by atoms with Crippen LogP contribution in [0.15, 0.2) is 24.3 Å². The van der Waals surface area contributed by atoms with Gasteiger partial charge in [-0.1, -0.05) is 36.5 Å². The van der Waals surface area contributed by atoms with E-state index in [0.29, 0.717) is 11.0 Å². The number of hydrogen-bond acceptors (Lipinski definition) is 3. The molecule has 3 N–H and O–H groups in total. The first-order chi connectivity index (χ1) is 8.20. The first kappa shape index (κ1) is 12.5. The van der Waals surface area contributed by atoms with Crippen LogP contribution in [0.4, 0.5) is 0 Å². The van der Waals surface area contributed by atoms with Crippen molar-refractivity contribution in [3.63, 3.8) is 0 Å². The van der Waals surface area contributed by atoms with Crippen molar-refractivity contribution in [3.05, 3.63) is 35.4 Å². The van der Waals surface area contributed by atoms with Crippen molar-refractivity contribution >= 4 is 17.2 Å². The van der Waals surface area contributed by atoms with Crippen molar-refractivity contribution in [2.24, 2.45) is 5.73 Å². The van der Waals surface area contributed by atoms with E-state index in [1.807, 2.05) is 12.1 Å². The predicted octanol–water partition coefficient (Wildman–Crippen LogP) is 1.28. The van der Waals surface area contributed by atoms with Crippen LogP contribution < -0.4 is 5.73 Å². The maximum Gasteiger partial charge on any atom is 0.103 e. The first-order valence-electron chi connectivity index (χ1n) is 5.94. The Kier molecular flexibility index (Phi) is 4.10. The lowest BCUT2D eigenvalue weighted by atomic mass is 10.1. The molecular weight excluding hydrogens is 232 g/mol. The first-order valence-corrected chi connectivity index (χ1v) is 6.35. The third-order valence-electron chi connectivity index (χ3n) is 3.07. The average molecular weight is 250 g/mol. The molecule has 1 fully saturated rings. The summed E-state index contributed by atoms with van der Waals surface area (Å²) >= 11 is 4.92. The van der Waals surface area contributed by atoms with E-state index in [9.17, 15) is 0 Å². The lowest BCUT2D eigenvalue weighted by Crippen LogP contribution is -2.28. The number of nitrogens with two attached hydrogens (primary N) is 1. The Morgan fingerprint density at radius 1 is 1.35 bits per heavy atom. The fourth-order valence-corrected chi connectivity index (χ4v) is 2.10. The maximum atomic E-state index is 9.03. The van der Waals surface area contributed by atoms with Gasteiger partial charge >= 0.3 is 0 Å². The van der Waals surface area contributed by atoms with Gasteiger partial charge in [0, 0.05) is 24.7 Å². The Labute approximate surface area is 107 Å². The molecule has 0 atom stereocenters. The SMILES string of the molecule is NC(=S)c1ccc(CN(CCO)C2CC2)cc1. The number of aliphatic hydroxyl groups is 1. The third kappa shape index (κ3) is 3.49. The molecule has 0 aliphatic heterocycles.